The molecule has 0 aliphatic carbocycles. The van der Waals surface area contributed by atoms with Crippen LogP contribution in [0.5, 0.6) is 0 Å². The molecule has 2 heterocycles. The number of hydrogen-bond donors (Lipinski definition) is 1. The second-order valence-corrected chi connectivity index (χ2v) is 6.26. The zero-order valence-corrected chi connectivity index (χ0v) is 12.1. The number of carboxylic acid groups (broad SMARTS) is 1. The maximum Gasteiger partial charge on any atom is 0.318 e. The lowest BCUT2D eigenvalue weighted by Crippen LogP contribution is -2.35. The average molecular weight is 325 g/mol. The predicted molar refractivity (Wildman–Crippen MR) is 73.7 cm³/mol. The molecule has 0 amide bonds. The van der Waals surface area contributed by atoms with E-state index in [1.54, 1.807) is 18.2 Å². The Bertz CT molecular complexity index is 768. The summed E-state index contributed by atoms with van der Waals surface area (Å²) in [5.41, 5.74) is 0.372. The molecule has 22 heavy (non-hydrogen) atoms. The van der Waals surface area contributed by atoms with E-state index in [9.17, 15) is 17.6 Å². The Kier molecular flexibility index (Phi) is 4.78. The maximum absolute atomic E-state index is 13.2. The minimum absolute atomic E-state index is 0.244. The van der Waals surface area contributed by atoms with Gasteiger partial charge in [-0.05, 0) is 18.2 Å². The monoisotopic (exact) mass is 325 g/mol. The third-order valence-corrected chi connectivity index (χ3v) is 4.45. The normalized spacial score (nSPS) is 11.5. The smallest absolute Gasteiger partial charge is 0.318 e. The van der Waals surface area contributed by atoms with E-state index in [2.05, 4.69) is 9.97 Å². The number of sulfonamides is 1. The van der Waals surface area contributed by atoms with Gasteiger partial charge in [0.05, 0.1) is 18.4 Å². The lowest BCUT2D eigenvalue weighted by molar-refractivity contribution is -0.137. The van der Waals surface area contributed by atoms with Gasteiger partial charge in [0.25, 0.3) is 0 Å². The Hall–Kier alpha value is -2.39. The highest BCUT2D eigenvalue weighted by atomic mass is 32.2. The summed E-state index contributed by atoms with van der Waals surface area (Å²) in [7, 11) is -4.21. The van der Waals surface area contributed by atoms with E-state index in [0.29, 0.717) is 10.00 Å². The minimum atomic E-state index is -4.21. The number of halogens is 1. The fourth-order valence-electron chi connectivity index (χ4n) is 1.73. The molecule has 116 valence electrons. The first kappa shape index (κ1) is 16.0. The van der Waals surface area contributed by atoms with Gasteiger partial charge in [-0.2, -0.15) is 4.31 Å². The summed E-state index contributed by atoms with van der Waals surface area (Å²) in [6, 6.07) is 5.65. The third kappa shape index (κ3) is 3.83. The van der Waals surface area contributed by atoms with Crippen molar-refractivity contribution in [3.8, 4) is 0 Å². The van der Waals surface area contributed by atoms with Crippen molar-refractivity contribution in [3.63, 3.8) is 0 Å². The van der Waals surface area contributed by atoms with Crippen LogP contribution in [-0.2, 0) is 21.4 Å². The van der Waals surface area contributed by atoms with Gasteiger partial charge in [0.15, 0.2) is 0 Å². The van der Waals surface area contributed by atoms with E-state index >= 15 is 0 Å². The van der Waals surface area contributed by atoms with Crippen LogP contribution >= 0.6 is 0 Å². The summed E-state index contributed by atoms with van der Waals surface area (Å²) in [4.78, 5) is 18.0. The number of carbonyl (C=O) groups is 1. The number of aliphatic carboxylic acids is 1. The summed E-state index contributed by atoms with van der Waals surface area (Å²) < 4.78 is 38.8. The molecule has 0 saturated heterocycles. The van der Waals surface area contributed by atoms with Crippen molar-refractivity contribution in [3.05, 3.63) is 54.4 Å². The van der Waals surface area contributed by atoms with Crippen molar-refractivity contribution in [2.24, 2.45) is 0 Å². The number of carboxylic acids is 1. The van der Waals surface area contributed by atoms with Gasteiger partial charge in [0.1, 0.15) is 17.3 Å². The molecule has 0 bridgehead atoms. The number of nitrogens with zero attached hydrogens (tertiary/aromatic N) is 3. The van der Waals surface area contributed by atoms with Gasteiger partial charge >= 0.3 is 5.97 Å². The molecule has 0 saturated carbocycles. The molecule has 1 N–H and O–H groups in total. The van der Waals surface area contributed by atoms with Gasteiger partial charge in [0.2, 0.25) is 10.0 Å². The van der Waals surface area contributed by atoms with Crippen molar-refractivity contribution in [2.75, 3.05) is 6.54 Å². The molecule has 7 nitrogen and oxygen atoms in total. The van der Waals surface area contributed by atoms with Gasteiger partial charge in [-0.25, -0.2) is 12.8 Å². The molecule has 2 aromatic rings. The fourth-order valence-corrected chi connectivity index (χ4v) is 3.07. The van der Waals surface area contributed by atoms with Gasteiger partial charge in [-0.3, -0.25) is 14.8 Å². The van der Waals surface area contributed by atoms with Gasteiger partial charge in [0, 0.05) is 12.4 Å². The lowest BCUT2D eigenvalue weighted by Gasteiger charge is -2.19. The molecule has 0 unspecified atom stereocenters. The topological polar surface area (TPSA) is 100 Å². The summed E-state index contributed by atoms with van der Waals surface area (Å²) >= 11 is 0. The fraction of sp³-hybridized carbons (Fsp3) is 0.154. The molecule has 2 aromatic heterocycles. The van der Waals surface area contributed by atoms with Crippen LogP contribution in [0.1, 0.15) is 5.69 Å². The number of aromatic nitrogens is 2. The van der Waals surface area contributed by atoms with Crippen molar-refractivity contribution in [2.45, 2.75) is 11.4 Å². The van der Waals surface area contributed by atoms with Gasteiger partial charge in [-0.15, -0.1) is 0 Å². The third-order valence-electron chi connectivity index (χ3n) is 2.69. The van der Waals surface area contributed by atoms with Gasteiger partial charge in [-0.1, -0.05) is 6.07 Å². The van der Waals surface area contributed by atoms with E-state index in [-0.39, 0.29) is 6.54 Å². The zero-order chi connectivity index (χ0) is 16.2. The maximum atomic E-state index is 13.2. The Morgan fingerprint density at radius 2 is 2.09 bits per heavy atom. The molecule has 0 spiro atoms. The Labute approximate surface area is 126 Å². The first-order chi connectivity index (χ1) is 10.4. The second-order valence-electron chi connectivity index (χ2n) is 4.33. The van der Waals surface area contributed by atoms with E-state index in [0.717, 1.165) is 18.5 Å². The van der Waals surface area contributed by atoms with Crippen LogP contribution in [0, 0.1) is 5.82 Å². The largest absolute Gasteiger partial charge is 0.480 e. The Balaban J connectivity index is 2.37. The van der Waals surface area contributed by atoms with Crippen LogP contribution in [-0.4, -0.2) is 40.3 Å². The highest BCUT2D eigenvalue weighted by Gasteiger charge is 2.27. The van der Waals surface area contributed by atoms with Crippen LogP contribution in [0.3, 0.4) is 0 Å². The van der Waals surface area contributed by atoms with E-state index in [4.69, 9.17) is 5.11 Å². The van der Waals surface area contributed by atoms with Crippen molar-refractivity contribution in [1.29, 1.82) is 0 Å². The molecule has 0 aromatic carbocycles. The zero-order valence-electron chi connectivity index (χ0n) is 11.3. The SMILES string of the molecule is O=C(O)CN(Cc1ccccn1)S(=O)(=O)c1cncc(F)c1. The number of rotatable bonds is 6. The van der Waals surface area contributed by atoms with Crippen molar-refractivity contribution >= 4 is 16.0 Å². The quantitative estimate of drug-likeness (QED) is 0.846. The Morgan fingerprint density at radius 1 is 1.32 bits per heavy atom. The summed E-state index contributed by atoms with van der Waals surface area (Å²) in [5, 5.41) is 8.91. The van der Waals surface area contributed by atoms with Gasteiger partial charge < -0.3 is 5.11 Å². The Morgan fingerprint density at radius 3 is 2.68 bits per heavy atom. The number of hydrogen-bond acceptors (Lipinski definition) is 5. The minimum Gasteiger partial charge on any atom is -0.480 e. The van der Waals surface area contributed by atoms with Crippen LogP contribution in [0.2, 0.25) is 0 Å². The van der Waals surface area contributed by atoms with E-state index in [1.165, 1.54) is 6.20 Å². The van der Waals surface area contributed by atoms with Crippen LogP contribution in [0.25, 0.3) is 0 Å². The summed E-state index contributed by atoms with van der Waals surface area (Å²) in [6.07, 6.45) is 3.29. The standard InChI is InChI=1S/C13H12FN3O4S/c14-10-5-12(7-15-6-10)22(20,21)17(9-13(18)19)8-11-3-1-2-4-16-11/h1-7H,8-9H2,(H,18,19). The lowest BCUT2D eigenvalue weighted by atomic mass is 10.3. The highest BCUT2D eigenvalue weighted by molar-refractivity contribution is 7.89. The molecule has 0 fully saturated rings. The second kappa shape index (κ2) is 6.58. The summed E-state index contributed by atoms with van der Waals surface area (Å²) in [6.45, 7) is -1.01. The predicted octanol–water partition coefficient (Wildman–Crippen LogP) is 0.891. The molecule has 2 rings (SSSR count). The summed E-state index contributed by atoms with van der Waals surface area (Å²) in [5.74, 6) is -2.15. The molecule has 0 aliphatic rings. The molecular formula is C13H12FN3O4S. The molecule has 0 radical (unpaired) electrons. The van der Waals surface area contributed by atoms with Crippen LogP contribution in [0.4, 0.5) is 4.39 Å². The average Bonchev–Trinajstić information content (AvgIpc) is 2.47. The molecule has 0 aliphatic heterocycles. The molecule has 0 atom stereocenters. The highest BCUT2D eigenvalue weighted by Crippen LogP contribution is 2.17. The van der Waals surface area contributed by atoms with E-state index < -0.39 is 33.3 Å². The first-order valence-electron chi connectivity index (χ1n) is 6.12. The van der Waals surface area contributed by atoms with Crippen LogP contribution < -0.4 is 0 Å². The molecule has 9 heteroatoms. The van der Waals surface area contributed by atoms with Crippen molar-refractivity contribution < 1.29 is 22.7 Å². The first-order valence-corrected chi connectivity index (χ1v) is 7.56. The van der Waals surface area contributed by atoms with E-state index in [1.807, 2.05) is 0 Å². The molecular weight excluding hydrogens is 313 g/mol. The number of pyridine rings is 2. The van der Waals surface area contributed by atoms with Crippen LogP contribution in [0.15, 0.2) is 47.8 Å². The van der Waals surface area contributed by atoms with Crippen molar-refractivity contribution in [1.82, 2.24) is 14.3 Å².